The van der Waals surface area contributed by atoms with Gasteiger partial charge in [0.15, 0.2) is 5.78 Å². The lowest BCUT2D eigenvalue weighted by atomic mass is 9.82. The van der Waals surface area contributed by atoms with Crippen molar-refractivity contribution < 1.29 is 14.7 Å². The van der Waals surface area contributed by atoms with Gasteiger partial charge in [-0.3, -0.25) is 9.59 Å². The van der Waals surface area contributed by atoms with Crippen LogP contribution in [0.15, 0.2) is 24.3 Å². The zero-order valence-corrected chi connectivity index (χ0v) is 14.5. The highest BCUT2D eigenvalue weighted by molar-refractivity contribution is 6.30. The molecule has 1 aliphatic heterocycles. The number of nitrogens with zero attached hydrogens (tertiary/aromatic N) is 1. The highest BCUT2D eigenvalue weighted by Crippen LogP contribution is 2.29. The van der Waals surface area contributed by atoms with Crippen molar-refractivity contribution >= 4 is 23.3 Å². The molecule has 1 N–H and O–H groups in total. The summed E-state index contributed by atoms with van der Waals surface area (Å²) in [6, 6.07) is 6.74. The molecule has 5 heteroatoms. The van der Waals surface area contributed by atoms with Crippen LogP contribution in [0.1, 0.15) is 43.5 Å². The molecule has 1 aliphatic rings. The molecule has 2 atom stereocenters. The van der Waals surface area contributed by atoms with Gasteiger partial charge in [0.05, 0.1) is 6.61 Å². The van der Waals surface area contributed by atoms with E-state index in [1.807, 2.05) is 6.92 Å². The highest BCUT2D eigenvalue weighted by Gasteiger charge is 2.33. The maximum Gasteiger partial charge on any atom is 0.223 e. The Morgan fingerprint density at radius 3 is 2.61 bits per heavy atom. The Kier molecular flexibility index (Phi) is 5.82. The van der Waals surface area contributed by atoms with E-state index in [1.54, 1.807) is 36.1 Å². The lowest BCUT2D eigenvalue weighted by Gasteiger charge is -2.39. The Hall–Kier alpha value is -1.39. The molecule has 0 bridgehead atoms. The molecule has 1 saturated heterocycles. The number of benzene rings is 1. The van der Waals surface area contributed by atoms with E-state index in [2.05, 4.69) is 0 Å². The summed E-state index contributed by atoms with van der Waals surface area (Å²) in [7, 11) is 0. The number of ketones is 1. The van der Waals surface area contributed by atoms with Crippen LogP contribution < -0.4 is 0 Å². The van der Waals surface area contributed by atoms with Crippen molar-refractivity contribution in [3.05, 3.63) is 34.9 Å². The number of aliphatic hydroxyl groups excluding tert-OH is 1. The normalized spacial score (nSPS) is 22.7. The van der Waals surface area contributed by atoms with Crippen LogP contribution in [0.5, 0.6) is 0 Å². The van der Waals surface area contributed by atoms with Gasteiger partial charge in [-0.25, -0.2) is 0 Å². The van der Waals surface area contributed by atoms with Gasteiger partial charge >= 0.3 is 0 Å². The predicted octanol–water partition coefficient (Wildman–Crippen LogP) is 3.17. The fourth-order valence-electron chi connectivity index (χ4n) is 3.04. The first kappa shape index (κ1) is 18.0. The number of likely N-dealkylation sites (tertiary alicyclic amines) is 1. The minimum Gasteiger partial charge on any atom is -0.396 e. The standard InChI is InChI=1S/C18H24ClNO3/c1-13(17(23)14-4-6-15(19)7-5-14)10-16(22)20-9-3-8-18(2,11-20)12-21/h4-7,13,21H,3,8-12H2,1-2H3. The van der Waals surface area contributed by atoms with E-state index in [0.29, 0.717) is 23.7 Å². The quantitative estimate of drug-likeness (QED) is 0.839. The summed E-state index contributed by atoms with van der Waals surface area (Å²) in [6.07, 6.45) is 2.01. The van der Waals surface area contributed by atoms with E-state index in [4.69, 9.17) is 11.6 Å². The number of amides is 1. The molecule has 1 heterocycles. The predicted molar refractivity (Wildman–Crippen MR) is 90.6 cm³/mol. The summed E-state index contributed by atoms with van der Waals surface area (Å²) in [5.41, 5.74) is 0.352. The number of aliphatic hydroxyl groups is 1. The molecule has 0 aliphatic carbocycles. The minimum atomic E-state index is -0.369. The summed E-state index contributed by atoms with van der Waals surface area (Å²) < 4.78 is 0. The van der Waals surface area contributed by atoms with E-state index in [1.165, 1.54) is 0 Å². The summed E-state index contributed by atoms with van der Waals surface area (Å²) in [6.45, 7) is 5.12. The van der Waals surface area contributed by atoms with Crippen molar-refractivity contribution in [1.82, 2.24) is 4.90 Å². The molecular weight excluding hydrogens is 314 g/mol. The molecule has 0 aromatic heterocycles. The van der Waals surface area contributed by atoms with E-state index < -0.39 is 0 Å². The molecule has 1 aromatic carbocycles. The Bertz CT molecular complexity index is 572. The number of carbonyl (C=O) groups is 2. The van der Waals surface area contributed by atoms with Crippen LogP contribution in [0, 0.1) is 11.3 Å². The van der Waals surface area contributed by atoms with Gasteiger partial charge < -0.3 is 10.0 Å². The van der Waals surface area contributed by atoms with Crippen molar-refractivity contribution in [2.24, 2.45) is 11.3 Å². The third-order valence-electron chi connectivity index (χ3n) is 4.57. The first-order chi connectivity index (χ1) is 10.8. The number of hydrogen-bond acceptors (Lipinski definition) is 3. The highest BCUT2D eigenvalue weighted by atomic mass is 35.5. The van der Waals surface area contributed by atoms with Crippen LogP contribution in [0.25, 0.3) is 0 Å². The van der Waals surface area contributed by atoms with Gasteiger partial charge in [-0.05, 0) is 37.1 Å². The van der Waals surface area contributed by atoms with E-state index in [0.717, 1.165) is 12.8 Å². The van der Waals surface area contributed by atoms with Crippen molar-refractivity contribution in [1.29, 1.82) is 0 Å². The summed E-state index contributed by atoms with van der Waals surface area (Å²) >= 11 is 5.83. The van der Waals surface area contributed by atoms with Crippen LogP contribution in [-0.2, 0) is 4.79 Å². The Morgan fingerprint density at radius 2 is 2.00 bits per heavy atom. The molecule has 126 valence electrons. The molecule has 0 saturated carbocycles. The average Bonchev–Trinajstić information content (AvgIpc) is 2.55. The third kappa shape index (κ3) is 4.55. The second kappa shape index (κ2) is 7.45. The maximum absolute atomic E-state index is 12.5. The molecule has 0 spiro atoms. The van der Waals surface area contributed by atoms with Crippen molar-refractivity contribution in [3.8, 4) is 0 Å². The van der Waals surface area contributed by atoms with Gasteiger partial charge in [-0.2, -0.15) is 0 Å². The number of rotatable bonds is 5. The fourth-order valence-corrected chi connectivity index (χ4v) is 3.17. The second-order valence-corrected chi connectivity index (χ2v) is 7.30. The van der Waals surface area contributed by atoms with Gasteiger partial charge in [0.1, 0.15) is 0 Å². The Morgan fingerprint density at radius 1 is 1.35 bits per heavy atom. The zero-order chi connectivity index (χ0) is 17.0. The molecule has 0 radical (unpaired) electrons. The summed E-state index contributed by atoms with van der Waals surface area (Å²) in [4.78, 5) is 26.7. The first-order valence-corrected chi connectivity index (χ1v) is 8.41. The van der Waals surface area contributed by atoms with E-state index in [-0.39, 0.29) is 36.1 Å². The fraction of sp³-hybridized carbons (Fsp3) is 0.556. The number of hydrogen-bond donors (Lipinski definition) is 1. The van der Waals surface area contributed by atoms with Crippen molar-refractivity contribution in [2.75, 3.05) is 19.7 Å². The van der Waals surface area contributed by atoms with Crippen LogP contribution in [-0.4, -0.2) is 41.4 Å². The lowest BCUT2D eigenvalue weighted by Crippen LogP contribution is -2.47. The van der Waals surface area contributed by atoms with Crippen LogP contribution in [0.3, 0.4) is 0 Å². The molecule has 2 unspecified atom stereocenters. The second-order valence-electron chi connectivity index (χ2n) is 6.86. The lowest BCUT2D eigenvalue weighted by molar-refractivity contribution is -0.135. The average molecular weight is 338 g/mol. The molecule has 4 nitrogen and oxygen atoms in total. The molecule has 1 fully saturated rings. The monoisotopic (exact) mass is 337 g/mol. The molecule has 2 rings (SSSR count). The SMILES string of the molecule is CC(CC(=O)N1CCCC(C)(CO)C1)C(=O)c1ccc(Cl)cc1. The van der Waals surface area contributed by atoms with Crippen LogP contribution in [0.2, 0.25) is 5.02 Å². The Labute approximate surface area is 142 Å². The number of halogens is 1. The van der Waals surface area contributed by atoms with Gasteiger partial charge in [0.25, 0.3) is 0 Å². The minimum absolute atomic E-state index is 0.0146. The Balaban J connectivity index is 1.96. The number of carbonyl (C=O) groups excluding carboxylic acids is 2. The maximum atomic E-state index is 12.5. The molecule has 1 amide bonds. The molecule has 23 heavy (non-hydrogen) atoms. The topological polar surface area (TPSA) is 57.6 Å². The summed E-state index contributed by atoms with van der Waals surface area (Å²) in [5.74, 6) is -0.429. The first-order valence-electron chi connectivity index (χ1n) is 8.03. The number of Topliss-reactive ketones (excluding diaryl/α,β-unsaturated/α-hetero) is 1. The van der Waals surface area contributed by atoms with Crippen molar-refractivity contribution in [3.63, 3.8) is 0 Å². The van der Waals surface area contributed by atoms with E-state index >= 15 is 0 Å². The van der Waals surface area contributed by atoms with Gasteiger partial charge in [-0.1, -0.05) is 25.4 Å². The van der Waals surface area contributed by atoms with Crippen LogP contribution in [0.4, 0.5) is 0 Å². The van der Waals surface area contributed by atoms with Gasteiger partial charge in [-0.15, -0.1) is 0 Å². The largest absolute Gasteiger partial charge is 0.396 e. The van der Waals surface area contributed by atoms with Crippen LogP contribution >= 0.6 is 11.6 Å². The van der Waals surface area contributed by atoms with Crippen molar-refractivity contribution in [2.45, 2.75) is 33.1 Å². The van der Waals surface area contributed by atoms with E-state index in [9.17, 15) is 14.7 Å². The smallest absolute Gasteiger partial charge is 0.223 e. The third-order valence-corrected chi connectivity index (χ3v) is 4.82. The van der Waals surface area contributed by atoms with Gasteiger partial charge in [0, 0.05) is 41.4 Å². The summed E-state index contributed by atoms with van der Waals surface area (Å²) in [5, 5.41) is 10.1. The number of piperidine rings is 1. The zero-order valence-electron chi connectivity index (χ0n) is 13.7. The molecular formula is C18H24ClNO3. The van der Waals surface area contributed by atoms with Gasteiger partial charge in [0.2, 0.25) is 5.91 Å². The molecule has 1 aromatic rings.